The molecular weight excluding hydrogens is 236 g/mol. The standard InChI is InChI=1S/C11H14N4OS/c12-11-13-8(6-17-11)2-1-3-9-14-10(15-16-9)7-4-5-7/h6-7H,1-5H2,(H2,12,13). The summed E-state index contributed by atoms with van der Waals surface area (Å²) >= 11 is 1.48. The first-order valence-electron chi connectivity index (χ1n) is 5.83. The topological polar surface area (TPSA) is 77.8 Å². The van der Waals surface area contributed by atoms with Gasteiger partial charge in [-0.25, -0.2) is 4.98 Å². The monoisotopic (exact) mass is 250 g/mol. The van der Waals surface area contributed by atoms with E-state index in [-0.39, 0.29) is 0 Å². The molecule has 0 radical (unpaired) electrons. The van der Waals surface area contributed by atoms with Gasteiger partial charge < -0.3 is 10.3 Å². The number of hydrogen-bond donors (Lipinski definition) is 1. The SMILES string of the molecule is Nc1nc(CCCc2nc(C3CC3)no2)cs1. The molecule has 90 valence electrons. The second kappa shape index (κ2) is 4.44. The van der Waals surface area contributed by atoms with Gasteiger partial charge in [0.25, 0.3) is 0 Å². The number of thiazole rings is 1. The number of aromatic nitrogens is 3. The summed E-state index contributed by atoms with van der Waals surface area (Å²) in [5, 5.41) is 6.62. The summed E-state index contributed by atoms with van der Waals surface area (Å²) in [4.78, 5) is 8.60. The Morgan fingerprint density at radius 2 is 2.24 bits per heavy atom. The van der Waals surface area contributed by atoms with Gasteiger partial charge in [0, 0.05) is 17.7 Å². The van der Waals surface area contributed by atoms with Crippen LogP contribution in [0.5, 0.6) is 0 Å². The molecule has 17 heavy (non-hydrogen) atoms. The maximum absolute atomic E-state index is 5.57. The molecule has 1 aliphatic carbocycles. The lowest BCUT2D eigenvalue weighted by Crippen LogP contribution is -1.92. The van der Waals surface area contributed by atoms with Crippen LogP contribution in [0.2, 0.25) is 0 Å². The van der Waals surface area contributed by atoms with E-state index in [0.717, 1.165) is 36.7 Å². The van der Waals surface area contributed by atoms with Crippen molar-refractivity contribution in [3.8, 4) is 0 Å². The molecule has 1 saturated carbocycles. The van der Waals surface area contributed by atoms with Crippen molar-refractivity contribution in [2.24, 2.45) is 0 Å². The van der Waals surface area contributed by atoms with E-state index in [0.29, 0.717) is 11.0 Å². The third-order valence-electron chi connectivity index (χ3n) is 2.82. The fourth-order valence-electron chi connectivity index (χ4n) is 1.74. The lowest BCUT2D eigenvalue weighted by Gasteiger charge is -1.93. The number of rotatable bonds is 5. The van der Waals surface area contributed by atoms with Gasteiger partial charge in [-0.1, -0.05) is 5.16 Å². The number of hydrogen-bond acceptors (Lipinski definition) is 6. The van der Waals surface area contributed by atoms with Crippen molar-refractivity contribution in [1.29, 1.82) is 0 Å². The summed E-state index contributed by atoms with van der Waals surface area (Å²) in [5.41, 5.74) is 6.62. The maximum atomic E-state index is 5.57. The zero-order valence-electron chi connectivity index (χ0n) is 9.43. The fraction of sp³-hybridized carbons (Fsp3) is 0.545. The van der Waals surface area contributed by atoms with Gasteiger partial charge in [-0.15, -0.1) is 11.3 Å². The molecule has 1 fully saturated rings. The smallest absolute Gasteiger partial charge is 0.226 e. The Morgan fingerprint density at radius 1 is 1.35 bits per heavy atom. The van der Waals surface area contributed by atoms with Crippen LogP contribution in [0.1, 0.15) is 42.6 Å². The van der Waals surface area contributed by atoms with Crippen LogP contribution < -0.4 is 5.73 Å². The molecule has 0 saturated heterocycles. The third kappa shape index (κ3) is 2.63. The largest absolute Gasteiger partial charge is 0.375 e. The second-order valence-corrected chi connectivity index (χ2v) is 5.24. The quantitative estimate of drug-likeness (QED) is 0.879. The Balaban J connectivity index is 1.49. The highest BCUT2D eigenvalue weighted by molar-refractivity contribution is 7.13. The molecule has 2 aromatic rings. The van der Waals surface area contributed by atoms with Crippen LogP contribution in [0.15, 0.2) is 9.90 Å². The Kier molecular flexibility index (Phi) is 2.80. The van der Waals surface area contributed by atoms with Crippen LogP contribution in [0.25, 0.3) is 0 Å². The van der Waals surface area contributed by atoms with Gasteiger partial charge in [0.2, 0.25) is 5.89 Å². The van der Waals surface area contributed by atoms with E-state index < -0.39 is 0 Å². The van der Waals surface area contributed by atoms with E-state index >= 15 is 0 Å². The van der Waals surface area contributed by atoms with Crippen molar-refractivity contribution in [1.82, 2.24) is 15.1 Å². The van der Waals surface area contributed by atoms with Gasteiger partial charge in [0.15, 0.2) is 11.0 Å². The molecule has 6 heteroatoms. The Labute approximate surface area is 103 Å². The number of nitrogens with zero attached hydrogens (tertiary/aromatic N) is 3. The van der Waals surface area contributed by atoms with E-state index in [1.807, 2.05) is 5.38 Å². The fourth-order valence-corrected chi connectivity index (χ4v) is 2.33. The number of nitrogens with two attached hydrogens (primary N) is 1. The summed E-state index contributed by atoms with van der Waals surface area (Å²) in [6, 6.07) is 0. The minimum atomic E-state index is 0.561. The van der Waals surface area contributed by atoms with E-state index in [2.05, 4.69) is 15.1 Å². The van der Waals surface area contributed by atoms with Crippen LogP contribution in [0.3, 0.4) is 0 Å². The molecule has 0 unspecified atom stereocenters. The molecule has 0 bridgehead atoms. The Bertz CT molecular complexity index is 503. The molecule has 0 spiro atoms. The summed E-state index contributed by atoms with van der Waals surface area (Å²) in [6.45, 7) is 0. The van der Waals surface area contributed by atoms with Crippen molar-refractivity contribution >= 4 is 16.5 Å². The van der Waals surface area contributed by atoms with Crippen LogP contribution in [0, 0.1) is 0 Å². The lowest BCUT2D eigenvalue weighted by molar-refractivity contribution is 0.370. The van der Waals surface area contributed by atoms with Crippen LogP contribution in [-0.2, 0) is 12.8 Å². The molecule has 1 aliphatic rings. The summed E-state index contributed by atoms with van der Waals surface area (Å²) in [7, 11) is 0. The van der Waals surface area contributed by atoms with Crippen LogP contribution >= 0.6 is 11.3 Å². The number of aryl methyl sites for hydroxylation is 2. The first kappa shape index (κ1) is 10.7. The second-order valence-electron chi connectivity index (χ2n) is 4.35. The highest BCUT2D eigenvalue weighted by Crippen LogP contribution is 2.38. The zero-order chi connectivity index (χ0) is 11.7. The van der Waals surface area contributed by atoms with Crippen molar-refractivity contribution in [3.63, 3.8) is 0 Å². The van der Waals surface area contributed by atoms with Gasteiger partial charge in [-0.2, -0.15) is 4.98 Å². The molecule has 2 N–H and O–H groups in total. The average Bonchev–Trinajstić information content (AvgIpc) is 2.93. The predicted molar refractivity (Wildman–Crippen MR) is 64.8 cm³/mol. The molecule has 0 aliphatic heterocycles. The van der Waals surface area contributed by atoms with Crippen molar-refractivity contribution in [3.05, 3.63) is 22.8 Å². The molecule has 3 rings (SSSR count). The minimum absolute atomic E-state index is 0.561. The zero-order valence-corrected chi connectivity index (χ0v) is 10.2. The Hall–Kier alpha value is -1.43. The summed E-state index contributed by atoms with van der Waals surface area (Å²) in [6.07, 6.45) is 5.11. The molecule has 0 amide bonds. The number of anilines is 1. The van der Waals surface area contributed by atoms with Crippen molar-refractivity contribution in [2.75, 3.05) is 5.73 Å². The van der Waals surface area contributed by atoms with Gasteiger partial charge >= 0.3 is 0 Å². The molecule has 2 heterocycles. The highest BCUT2D eigenvalue weighted by atomic mass is 32.1. The highest BCUT2D eigenvalue weighted by Gasteiger charge is 2.28. The van der Waals surface area contributed by atoms with Gasteiger partial charge in [-0.05, 0) is 25.7 Å². The molecular formula is C11H14N4OS. The third-order valence-corrected chi connectivity index (χ3v) is 3.54. The van der Waals surface area contributed by atoms with E-state index in [1.165, 1.54) is 24.2 Å². The summed E-state index contributed by atoms with van der Waals surface area (Å²) in [5.74, 6) is 2.19. The van der Waals surface area contributed by atoms with Gasteiger partial charge in [0.05, 0.1) is 5.69 Å². The van der Waals surface area contributed by atoms with Crippen LogP contribution in [0.4, 0.5) is 5.13 Å². The van der Waals surface area contributed by atoms with Gasteiger partial charge in [0.1, 0.15) is 0 Å². The van der Waals surface area contributed by atoms with Crippen molar-refractivity contribution < 1.29 is 4.52 Å². The molecule has 0 atom stereocenters. The first-order chi connectivity index (χ1) is 8.31. The van der Waals surface area contributed by atoms with Crippen molar-refractivity contribution in [2.45, 2.75) is 38.0 Å². The predicted octanol–water partition coefficient (Wildman–Crippen LogP) is 2.16. The molecule has 0 aromatic carbocycles. The molecule has 5 nitrogen and oxygen atoms in total. The maximum Gasteiger partial charge on any atom is 0.226 e. The lowest BCUT2D eigenvalue weighted by atomic mass is 10.2. The first-order valence-corrected chi connectivity index (χ1v) is 6.71. The van der Waals surface area contributed by atoms with Gasteiger partial charge in [-0.3, -0.25) is 0 Å². The van der Waals surface area contributed by atoms with E-state index in [1.54, 1.807) is 0 Å². The minimum Gasteiger partial charge on any atom is -0.375 e. The van der Waals surface area contributed by atoms with E-state index in [9.17, 15) is 0 Å². The van der Waals surface area contributed by atoms with E-state index in [4.69, 9.17) is 10.3 Å². The number of nitrogen functional groups attached to an aromatic ring is 1. The Morgan fingerprint density at radius 3 is 2.94 bits per heavy atom. The van der Waals surface area contributed by atoms with Crippen LogP contribution in [-0.4, -0.2) is 15.1 Å². The molecule has 2 aromatic heterocycles. The average molecular weight is 250 g/mol. The normalized spacial score (nSPS) is 15.3. The summed E-state index contributed by atoms with van der Waals surface area (Å²) < 4.78 is 5.21.